The van der Waals surface area contributed by atoms with Gasteiger partial charge in [-0.15, -0.1) is 0 Å². The van der Waals surface area contributed by atoms with Gasteiger partial charge < -0.3 is 4.90 Å². The largest absolute Gasteiger partial charge is 0.351 e. The van der Waals surface area contributed by atoms with Crippen LogP contribution < -0.4 is 4.90 Å². The number of nitrogens with zero attached hydrogens (tertiary/aromatic N) is 2. The van der Waals surface area contributed by atoms with E-state index in [0.717, 1.165) is 6.42 Å². The molecule has 16 heavy (non-hydrogen) atoms. The van der Waals surface area contributed by atoms with E-state index in [2.05, 4.69) is 4.98 Å². The number of anilines is 1. The minimum absolute atomic E-state index is 0.0873. The summed E-state index contributed by atoms with van der Waals surface area (Å²) in [5, 5.41) is 0. The molecule has 1 aromatic heterocycles. The first-order valence-corrected chi connectivity index (χ1v) is 5.27. The van der Waals surface area contributed by atoms with Crippen LogP contribution in [0, 0.1) is 23.5 Å². The second kappa shape index (κ2) is 3.96. The molecular weight excluding hydrogens is 217 g/mol. The Hall–Kier alpha value is -1.26. The Bertz CT molecular complexity index is 408. The fourth-order valence-corrected chi connectivity index (χ4v) is 2.23. The number of hydrogen-bond donors (Lipinski definition) is 0. The molecule has 0 spiro atoms. The first-order chi connectivity index (χ1) is 7.49. The number of halogens is 3. The Morgan fingerprint density at radius 1 is 1.25 bits per heavy atom. The minimum Gasteiger partial charge on any atom is -0.351 e. The van der Waals surface area contributed by atoms with Gasteiger partial charge in [0, 0.05) is 18.7 Å². The monoisotopic (exact) mass is 230 g/mol. The maximum absolute atomic E-state index is 13.5. The summed E-state index contributed by atoms with van der Waals surface area (Å²) in [6.07, 6.45) is 0.903. The molecule has 1 aliphatic heterocycles. The highest BCUT2D eigenvalue weighted by Gasteiger charge is 2.29. The fourth-order valence-electron chi connectivity index (χ4n) is 2.23. The predicted molar refractivity (Wildman–Crippen MR) is 54.7 cm³/mol. The molecule has 0 saturated carbocycles. The van der Waals surface area contributed by atoms with Gasteiger partial charge in [-0.2, -0.15) is 9.37 Å². The first kappa shape index (κ1) is 11.2. The van der Waals surface area contributed by atoms with E-state index in [0.29, 0.717) is 18.5 Å². The Morgan fingerprint density at radius 3 is 2.50 bits per heavy atom. The molecule has 2 nitrogen and oxygen atoms in total. The lowest BCUT2D eigenvalue weighted by molar-refractivity contribution is 0.462. The van der Waals surface area contributed by atoms with E-state index in [1.807, 2.05) is 13.8 Å². The van der Waals surface area contributed by atoms with Gasteiger partial charge >= 0.3 is 0 Å². The van der Waals surface area contributed by atoms with Crippen molar-refractivity contribution in [1.82, 2.24) is 4.98 Å². The van der Waals surface area contributed by atoms with Crippen LogP contribution in [-0.2, 0) is 0 Å². The minimum atomic E-state index is -1.25. The van der Waals surface area contributed by atoms with Crippen LogP contribution in [0.3, 0.4) is 0 Å². The molecule has 1 saturated heterocycles. The van der Waals surface area contributed by atoms with Crippen LogP contribution >= 0.6 is 0 Å². The zero-order valence-electron chi connectivity index (χ0n) is 9.17. The molecule has 0 bridgehead atoms. The van der Waals surface area contributed by atoms with Crippen molar-refractivity contribution in [2.45, 2.75) is 26.3 Å². The third kappa shape index (κ3) is 1.86. The SMILES string of the molecule is CC1CC(C)N(c2nc(F)c(F)cc2F)C1. The highest BCUT2D eigenvalue weighted by atomic mass is 19.2. The van der Waals surface area contributed by atoms with E-state index in [9.17, 15) is 13.2 Å². The van der Waals surface area contributed by atoms with E-state index >= 15 is 0 Å². The summed E-state index contributed by atoms with van der Waals surface area (Å²) < 4.78 is 39.2. The lowest BCUT2D eigenvalue weighted by Crippen LogP contribution is -2.29. The average Bonchev–Trinajstić information content (AvgIpc) is 2.51. The molecule has 2 unspecified atom stereocenters. The van der Waals surface area contributed by atoms with Crippen LogP contribution in [0.5, 0.6) is 0 Å². The molecule has 88 valence electrons. The number of aromatic nitrogens is 1. The summed E-state index contributed by atoms with van der Waals surface area (Å²) in [5.41, 5.74) is 0. The second-order valence-corrected chi connectivity index (χ2v) is 4.41. The van der Waals surface area contributed by atoms with E-state index in [1.165, 1.54) is 0 Å². The predicted octanol–water partition coefficient (Wildman–Crippen LogP) is 2.73. The smallest absolute Gasteiger partial charge is 0.251 e. The summed E-state index contributed by atoms with van der Waals surface area (Å²) in [5.74, 6) is -2.98. The molecule has 0 N–H and O–H groups in total. The fraction of sp³-hybridized carbons (Fsp3) is 0.545. The van der Waals surface area contributed by atoms with Crippen LogP contribution in [0.4, 0.5) is 19.0 Å². The van der Waals surface area contributed by atoms with Crippen molar-refractivity contribution in [3.8, 4) is 0 Å². The molecule has 0 aromatic carbocycles. The molecule has 1 aliphatic rings. The lowest BCUT2D eigenvalue weighted by atomic mass is 10.1. The first-order valence-electron chi connectivity index (χ1n) is 5.27. The standard InChI is InChI=1S/C11H13F3N2/c1-6-3-7(2)16(5-6)11-9(13)4-8(12)10(14)15-11/h4,6-7H,3,5H2,1-2H3. The topological polar surface area (TPSA) is 16.1 Å². The van der Waals surface area contributed by atoms with E-state index in [1.54, 1.807) is 4.90 Å². The van der Waals surface area contributed by atoms with Gasteiger partial charge in [-0.1, -0.05) is 6.92 Å². The molecule has 0 aliphatic carbocycles. The summed E-state index contributed by atoms with van der Waals surface area (Å²) in [4.78, 5) is 5.03. The molecule has 5 heteroatoms. The quantitative estimate of drug-likeness (QED) is 0.689. The Labute approximate surface area is 92.1 Å². The van der Waals surface area contributed by atoms with Gasteiger partial charge in [0.25, 0.3) is 5.95 Å². The number of hydrogen-bond acceptors (Lipinski definition) is 2. The van der Waals surface area contributed by atoms with Gasteiger partial charge in [-0.05, 0) is 19.3 Å². The average molecular weight is 230 g/mol. The molecule has 2 atom stereocenters. The number of pyridine rings is 1. The van der Waals surface area contributed by atoms with Crippen molar-refractivity contribution in [1.29, 1.82) is 0 Å². The van der Waals surface area contributed by atoms with Crippen molar-refractivity contribution in [2.24, 2.45) is 5.92 Å². The summed E-state index contributed by atoms with van der Waals surface area (Å²) >= 11 is 0. The van der Waals surface area contributed by atoms with Crippen LogP contribution in [0.1, 0.15) is 20.3 Å². The molecule has 2 heterocycles. The van der Waals surface area contributed by atoms with E-state index in [-0.39, 0.29) is 11.9 Å². The summed E-state index contributed by atoms with van der Waals surface area (Å²) in [7, 11) is 0. The van der Waals surface area contributed by atoms with Crippen LogP contribution in [0.25, 0.3) is 0 Å². The lowest BCUT2D eigenvalue weighted by Gasteiger charge is -2.22. The Morgan fingerprint density at radius 2 is 1.94 bits per heavy atom. The molecule has 0 radical (unpaired) electrons. The van der Waals surface area contributed by atoms with E-state index in [4.69, 9.17) is 0 Å². The van der Waals surface area contributed by atoms with Crippen molar-refractivity contribution in [2.75, 3.05) is 11.4 Å². The third-order valence-corrected chi connectivity index (χ3v) is 2.92. The van der Waals surface area contributed by atoms with Crippen molar-refractivity contribution >= 4 is 5.82 Å². The zero-order valence-corrected chi connectivity index (χ0v) is 9.17. The van der Waals surface area contributed by atoms with Gasteiger partial charge in [0.1, 0.15) is 0 Å². The maximum Gasteiger partial charge on any atom is 0.251 e. The Balaban J connectivity index is 2.37. The molecule has 1 aromatic rings. The van der Waals surface area contributed by atoms with Gasteiger partial charge in [0.15, 0.2) is 17.5 Å². The molecule has 1 fully saturated rings. The summed E-state index contributed by atoms with van der Waals surface area (Å²) in [6, 6.07) is 0.648. The normalized spacial score (nSPS) is 25.2. The number of rotatable bonds is 1. The van der Waals surface area contributed by atoms with Gasteiger partial charge in [0.05, 0.1) is 0 Å². The van der Waals surface area contributed by atoms with Gasteiger partial charge in [0.2, 0.25) is 0 Å². The van der Waals surface area contributed by atoms with E-state index < -0.39 is 17.6 Å². The van der Waals surface area contributed by atoms with Gasteiger partial charge in [-0.3, -0.25) is 0 Å². The van der Waals surface area contributed by atoms with Gasteiger partial charge in [-0.25, -0.2) is 8.78 Å². The molecule has 2 rings (SSSR count). The highest BCUT2D eigenvalue weighted by Crippen LogP contribution is 2.29. The second-order valence-electron chi connectivity index (χ2n) is 4.41. The van der Waals surface area contributed by atoms with Crippen LogP contribution in [-0.4, -0.2) is 17.6 Å². The summed E-state index contributed by atoms with van der Waals surface area (Å²) in [6.45, 7) is 4.58. The van der Waals surface area contributed by atoms with Crippen LogP contribution in [0.15, 0.2) is 6.07 Å². The maximum atomic E-state index is 13.5. The highest BCUT2D eigenvalue weighted by molar-refractivity contribution is 5.42. The molecular formula is C11H13F3N2. The molecule has 0 amide bonds. The van der Waals surface area contributed by atoms with Crippen LogP contribution in [0.2, 0.25) is 0 Å². The van der Waals surface area contributed by atoms with Crippen molar-refractivity contribution in [3.05, 3.63) is 23.6 Å². The Kier molecular flexibility index (Phi) is 2.78. The van der Waals surface area contributed by atoms with Crippen molar-refractivity contribution < 1.29 is 13.2 Å². The zero-order chi connectivity index (χ0) is 11.9. The third-order valence-electron chi connectivity index (χ3n) is 2.92. The van der Waals surface area contributed by atoms with Crippen molar-refractivity contribution in [3.63, 3.8) is 0 Å².